The molecule has 3 N–H and O–H groups in total. The van der Waals surface area contributed by atoms with Crippen LogP contribution in [-0.2, 0) is 19.9 Å². The molecule has 0 saturated carbocycles. The van der Waals surface area contributed by atoms with Gasteiger partial charge in [0, 0.05) is 19.0 Å². The van der Waals surface area contributed by atoms with Crippen LogP contribution < -0.4 is 11.3 Å². The molecule has 0 saturated heterocycles. The number of hydrazine groups is 1. The largest absolute Gasteiger partial charge is 0.271 e. The number of rotatable bonds is 5. The predicted molar refractivity (Wildman–Crippen MR) is 85.7 cm³/mol. The fourth-order valence-corrected chi connectivity index (χ4v) is 4.03. The van der Waals surface area contributed by atoms with Crippen molar-refractivity contribution in [3.63, 3.8) is 0 Å². The molecule has 1 unspecified atom stereocenters. The van der Waals surface area contributed by atoms with Crippen LogP contribution in [0.1, 0.15) is 29.9 Å². The lowest BCUT2D eigenvalue weighted by molar-refractivity contribution is 0.531. The first-order valence-electron chi connectivity index (χ1n) is 6.09. The molecule has 0 aliphatic rings. The van der Waals surface area contributed by atoms with Crippen LogP contribution >= 0.6 is 46.1 Å². The second-order valence-electron chi connectivity index (χ2n) is 4.39. The molecule has 0 spiro atoms. The fraction of sp³-hybridized carbons (Fsp3) is 0.417. The molecule has 2 heterocycles. The summed E-state index contributed by atoms with van der Waals surface area (Å²) < 4.78 is 3.05. The maximum Gasteiger partial charge on any atom is 0.0992 e. The summed E-state index contributed by atoms with van der Waals surface area (Å²) in [4.78, 5) is 0. The van der Waals surface area contributed by atoms with Gasteiger partial charge in [0.25, 0.3) is 0 Å². The molecule has 0 aliphatic heterocycles. The molecule has 2 aromatic rings. The second-order valence-corrected chi connectivity index (χ2v) is 7.05. The highest BCUT2D eigenvalue weighted by Gasteiger charge is 2.21. The quantitative estimate of drug-likeness (QED) is 0.636. The maximum atomic E-state index is 6.35. The smallest absolute Gasteiger partial charge is 0.0992 e. The van der Waals surface area contributed by atoms with E-state index in [1.54, 1.807) is 4.68 Å². The molecule has 0 bridgehead atoms. The fourth-order valence-electron chi connectivity index (χ4n) is 2.08. The average Bonchev–Trinajstić information content (AvgIpc) is 2.87. The maximum absolute atomic E-state index is 6.35. The first-order valence-corrected chi connectivity index (χ1v) is 8.04. The lowest BCUT2D eigenvalue weighted by Crippen LogP contribution is -2.30. The third-order valence-corrected chi connectivity index (χ3v) is 5.11. The van der Waals surface area contributed by atoms with Gasteiger partial charge in [0.15, 0.2) is 0 Å². The molecule has 20 heavy (non-hydrogen) atoms. The van der Waals surface area contributed by atoms with Gasteiger partial charge in [-0.2, -0.15) is 5.10 Å². The number of nitrogens with one attached hydrogen (secondary N) is 1. The molecule has 8 heteroatoms. The Morgan fingerprint density at radius 2 is 2.15 bits per heavy atom. The summed E-state index contributed by atoms with van der Waals surface area (Å²) in [5, 5.41) is 5.08. The summed E-state index contributed by atoms with van der Waals surface area (Å²) in [5.74, 6) is 5.65. The Morgan fingerprint density at radius 1 is 1.45 bits per heavy atom. The number of thiophene rings is 1. The molecular formula is C12H15Cl3N4S. The highest BCUT2D eigenvalue weighted by atomic mass is 35.5. The number of hydrogen-bond acceptors (Lipinski definition) is 4. The van der Waals surface area contributed by atoms with Crippen molar-refractivity contribution in [3.8, 4) is 0 Å². The van der Waals surface area contributed by atoms with Gasteiger partial charge in [-0.15, -0.1) is 11.3 Å². The number of halogens is 3. The summed E-state index contributed by atoms with van der Waals surface area (Å²) in [6.07, 6.45) is 1.38. The summed E-state index contributed by atoms with van der Waals surface area (Å²) >= 11 is 19.8. The number of aromatic nitrogens is 2. The first kappa shape index (κ1) is 16.1. The van der Waals surface area contributed by atoms with Crippen LogP contribution in [0.2, 0.25) is 13.7 Å². The van der Waals surface area contributed by atoms with E-state index in [2.05, 4.69) is 10.5 Å². The first-order chi connectivity index (χ1) is 9.47. The van der Waals surface area contributed by atoms with E-state index >= 15 is 0 Å². The van der Waals surface area contributed by atoms with E-state index in [4.69, 9.17) is 40.6 Å². The van der Waals surface area contributed by atoms with Crippen LogP contribution in [0.3, 0.4) is 0 Å². The van der Waals surface area contributed by atoms with Crippen LogP contribution in [-0.4, -0.2) is 9.78 Å². The molecule has 0 amide bonds. The van der Waals surface area contributed by atoms with Crippen molar-refractivity contribution >= 4 is 46.1 Å². The standard InChI is InChI=1S/C12H15Cl3N4S/c1-3-7-11(14)9(19(2)18-7)5-8(17-16)6-4-10(13)20-12(6)15/h4,8,17H,3,5,16H2,1-2H3. The van der Waals surface area contributed by atoms with Gasteiger partial charge in [0.1, 0.15) is 0 Å². The molecule has 110 valence electrons. The van der Waals surface area contributed by atoms with Crippen molar-refractivity contribution in [1.82, 2.24) is 15.2 Å². The monoisotopic (exact) mass is 352 g/mol. The van der Waals surface area contributed by atoms with E-state index < -0.39 is 0 Å². The molecule has 0 aliphatic carbocycles. The zero-order valence-corrected chi connectivity index (χ0v) is 14.2. The van der Waals surface area contributed by atoms with Crippen molar-refractivity contribution in [1.29, 1.82) is 0 Å². The van der Waals surface area contributed by atoms with Gasteiger partial charge in [-0.05, 0) is 12.5 Å². The van der Waals surface area contributed by atoms with E-state index in [0.717, 1.165) is 23.4 Å². The van der Waals surface area contributed by atoms with Crippen molar-refractivity contribution < 1.29 is 0 Å². The Bertz CT molecular complexity index is 608. The molecule has 2 rings (SSSR count). The Kier molecular flexibility index (Phi) is 5.34. The lowest BCUT2D eigenvalue weighted by Gasteiger charge is -2.15. The second kappa shape index (κ2) is 6.64. The summed E-state index contributed by atoms with van der Waals surface area (Å²) in [6.45, 7) is 2.02. The van der Waals surface area contributed by atoms with Crippen LogP contribution in [0.25, 0.3) is 0 Å². The topological polar surface area (TPSA) is 55.9 Å². The van der Waals surface area contributed by atoms with Gasteiger partial charge < -0.3 is 0 Å². The summed E-state index contributed by atoms with van der Waals surface area (Å²) in [6, 6.07) is 1.66. The van der Waals surface area contributed by atoms with E-state index in [1.807, 2.05) is 20.0 Å². The van der Waals surface area contributed by atoms with Crippen LogP contribution in [0.15, 0.2) is 6.07 Å². The van der Waals surface area contributed by atoms with Crippen molar-refractivity contribution in [2.75, 3.05) is 0 Å². The van der Waals surface area contributed by atoms with Crippen LogP contribution in [0.4, 0.5) is 0 Å². The van der Waals surface area contributed by atoms with Crippen molar-refractivity contribution in [3.05, 3.63) is 36.7 Å². The minimum Gasteiger partial charge on any atom is -0.271 e. The molecule has 4 nitrogen and oxygen atoms in total. The summed E-state index contributed by atoms with van der Waals surface area (Å²) in [5.41, 5.74) is 5.45. The predicted octanol–water partition coefficient (Wildman–Crippen LogP) is 3.75. The van der Waals surface area contributed by atoms with E-state index in [0.29, 0.717) is 20.1 Å². The van der Waals surface area contributed by atoms with Gasteiger partial charge in [0.2, 0.25) is 0 Å². The highest BCUT2D eigenvalue weighted by Crippen LogP contribution is 2.36. The molecule has 0 fully saturated rings. The Balaban J connectivity index is 2.31. The van der Waals surface area contributed by atoms with Crippen molar-refractivity contribution in [2.24, 2.45) is 12.9 Å². The van der Waals surface area contributed by atoms with E-state index in [9.17, 15) is 0 Å². The lowest BCUT2D eigenvalue weighted by atomic mass is 10.1. The van der Waals surface area contributed by atoms with Crippen LogP contribution in [0.5, 0.6) is 0 Å². The highest BCUT2D eigenvalue weighted by molar-refractivity contribution is 7.20. The zero-order chi connectivity index (χ0) is 14.9. The number of hydrogen-bond donors (Lipinski definition) is 2. The van der Waals surface area contributed by atoms with E-state index in [-0.39, 0.29) is 6.04 Å². The number of aryl methyl sites for hydroxylation is 2. The van der Waals surface area contributed by atoms with Gasteiger partial charge in [-0.1, -0.05) is 41.7 Å². The van der Waals surface area contributed by atoms with Gasteiger partial charge in [-0.25, -0.2) is 0 Å². The number of nitrogens with zero attached hydrogens (tertiary/aromatic N) is 2. The molecule has 0 radical (unpaired) electrons. The van der Waals surface area contributed by atoms with Gasteiger partial charge in [0.05, 0.1) is 31.1 Å². The van der Waals surface area contributed by atoms with Crippen molar-refractivity contribution in [2.45, 2.75) is 25.8 Å². The Morgan fingerprint density at radius 3 is 2.60 bits per heavy atom. The minimum absolute atomic E-state index is 0.163. The van der Waals surface area contributed by atoms with Gasteiger partial charge >= 0.3 is 0 Å². The molecular weight excluding hydrogens is 339 g/mol. The SMILES string of the molecule is CCc1nn(C)c(CC(NN)c2cc(Cl)sc2Cl)c1Cl. The van der Waals surface area contributed by atoms with E-state index in [1.165, 1.54) is 11.3 Å². The normalized spacial score (nSPS) is 12.9. The molecule has 1 atom stereocenters. The zero-order valence-electron chi connectivity index (χ0n) is 11.1. The Labute approximate surface area is 136 Å². The Hall–Kier alpha value is -0.300. The van der Waals surface area contributed by atoms with Gasteiger partial charge in [-0.3, -0.25) is 16.0 Å². The molecule has 0 aromatic carbocycles. The molecule has 2 aromatic heterocycles. The summed E-state index contributed by atoms with van der Waals surface area (Å²) in [7, 11) is 1.87. The number of nitrogens with two attached hydrogens (primary N) is 1. The minimum atomic E-state index is -0.163. The van der Waals surface area contributed by atoms with Crippen LogP contribution in [0, 0.1) is 0 Å². The third-order valence-electron chi connectivity index (χ3n) is 3.16. The average molecular weight is 354 g/mol. The third kappa shape index (κ3) is 3.13.